The fraction of sp³-hybridized carbons (Fsp3) is 0.462. The van der Waals surface area contributed by atoms with Crippen molar-refractivity contribution in [3.8, 4) is 0 Å². The van der Waals surface area contributed by atoms with Crippen molar-refractivity contribution in [2.45, 2.75) is 26.7 Å². The molecule has 0 aliphatic heterocycles. The Bertz CT molecular complexity index is 406. The molecule has 1 unspecified atom stereocenters. The van der Waals surface area contributed by atoms with E-state index in [4.69, 9.17) is 17.3 Å². The monoisotopic (exact) mass is 254 g/mol. The number of nitrogen functional groups attached to an aromatic ring is 1. The van der Waals surface area contributed by atoms with Crippen LogP contribution >= 0.6 is 11.6 Å². The highest BCUT2D eigenvalue weighted by Crippen LogP contribution is 2.27. The van der Waals surface area contributed by atoms with Gasteiger partial charge in [0.05, 0.1) is 11.4 Å². The number of anilines is 2. The second-order valence-corrected chi connectivity index (χ2v) is 4.81. The van der Waals surface area contributed by atoms with E-state index in [-0.39, 0.29) is 5.91 Å². The van der Waals surface area contributed by atoms with Crippen LogP contribution in [0.15, 0.2) is 18.2 Å². The first kappa shape index (κ1) is 13.8. The van der Waals surface area contributed by atoms with Crippen molar-refractivity contribution in [3.63, 3.8) is 0 Å². The molecule has 0 radical (unpaired) electrons. The summed E-state index contributed by atoms with van der Waals surface area (Å²) < 4.78 is 0. The van der Waals surface area contributed by atoms with Gasteiger partial charge in [0.15, 0.2) is 0 Å². The van der Waals surface area contributed by atoms with Crippen LogP contribution in [0.2, 0.25) is 5.02 Å². The number of halogens is 1. The van der Waals surface area contributed by atoms with Gasteiger partial charge in [0, 0.05) is 18.5 Å². The lowest BCUT2D eigenvalue weighted by Crippen LogP contribution is -2.28. The molecule has 1 rings (SSSR count). The molecule has 4 heteroatoms. The second kappa shape index (κ2) is 5.92. The van der Waals surface area contributed by atoms with Crippen LogP contribution in [0.4, 0.5) is 11.4 Å². The predicted octanol–water partition coefficient (Wildman–Crippen LogP) is 3.32. The van der Waals surface area contributed by atoms with Crippen molar-refractivity contribution in [2.24, 2.45) is 5.92 Å². The molecule has 3 nitrogen and oxygen atoms in total. The van der Waals surface area contributed by atoms with Crippen molar-refractivity contribution < 1.29 is 4.79 Å². The number of amides is 1. The van der Waals surface area contributed by atoms with Gasteiger partial charge in [-0.25, -0.2) is 0 Å². The molecule has 2 N–H and O–H groups in total. The molecule has 0 aromatic heterocycles. The summed E-state index contributed by atoms with van der Waals surface area (Å²) in [6.07, 6.45) is 1.52. The molecule has 0 aliphatic carbocycles. The largest absolute Gasteiger partial charge is 0.397 e. The Balaban J connectivity index is 2.84. The van der Waals surface area contributed by atoms with Crippen LogP contribution in [0.3, 0.4) is 0 Å². The third-order valence-electron chi connectivity index (χ3n) is 2.95. The van der Waals surface area contributed by atoms with E-state index in [1.165, 1.54) is 0 Å². The van der Waals surface area contributed by atoms with Crippen molar-refractivity contribution in [1.29, 1.82) is 0 Å². The van der Waals surface area contributed by atoms with Gasteiger partial charge in [-0.05, 0) is 24.1 Å². The molecule has 0 heterocycles. The van der Waals surface area contributed by atoms with Crippen LogP contribution in [0.5, 0.6) is 0 Å². The maximum atomic E-state index is 12.0. The Morgan fingerprint density at radius 3 is 2.76 bits per heavy atom. The first-order valence-electron chi connectivity index (χ1n) is 5.77. The van der Waals surface area contributed by atoms with E-state index in [1.54, 1.807) is 30.1 Å². The minimum absolute atomic E-state index is 0.0633. The highest BCUT2D eigenvalue weighted by atomic mass is 35.5. The third-order valence-corrected chi connectivity index (χ3v) is 3.18. The lowest BCUT2D eigenvalue weighted by Gasteiger charge is -2.21. The van der Waals surface area contributed by atoms with E-state index in [2.05, 4.69) is 13.8 Å². The Hall–Kier alpha value is -1.22. The number of nitrogens with zero attached hydrogens (tertiary/aromatic N) is 1. The van der Waals surface area contributed by atoms with E-state index in [1.807, 2.05) is 0 Å². The molecule has 0 bridgehead atoms. The molecule has 1 aromatic carbocycles. The van der Waals surface area contributed by atoms with E-state index in [9.17, 15) is 4.79 Å². The molecule has 94 valence electrons. The summed E-state index contributed by atoms with van der Waals surface area (Å²) in [4.78, 5) is 13.6. The summed E-state index contributed by atoms with van der Waals surface area (Å²) in [5.41, 5.74) is 7.08. The van der Waals surface area contributed by atoms with E-state index in [0.29, 0.717) is 28.7 Å². The van der Waals surface area contributed by atoms with E-state index < -0.39 is 0 Å². The summed E-state index contributed by atoms with van der Waals surface area (Å²) in [6, 6.07) is 5.14. The lowest BCUT2D eigenvalue weighted by molar-refractivity contribution is -0.119. The number of benzene rings is 1. The average molecular weight is 255 g/mol. The highest BCUT2D eigenvalue weighted by Gasteiger charge is 2.16. The van der Waals surface area contributed by atoms with E-state index >= 15 is 0 Å². The van der Waals surface area contributed by atoms with Crippen LogP contribution in [-0.4, -0.2) is 13.0 Å². The molecule has 1 amide bonds. The molecule has 0 spiro atoms. The zero-order valence-corrected chi connectivity index (χ0v) is 11.3. The van der Waals surface area contributed by atoms with Gasteiger partial charge in [0.2, 0.25) is 5.91 Å². The summed E-state index contributed by atoms with van der Waals surface area (Å²) in [6.45, 7) is 4.14. The Morgan fingerprint density at radius 2 is 2.18 bits per heavy atom. The molecule has 17 heavy (non-hydrogen) atoms. The smallest absolute Gasteiger partial charge is 0.227 e. The number of rotatable bonds is 4. The Labute approximate surface area is 108 Å². The number of hydrogen-bond acceptors (Lipinski definition) is 2. The highest BCUT2D eigenvalue weighted by molar-refractivity contribution is 6.31. The van der Waals surface area contributed by atoms with Crippen molar-refractivity contribution >= 4 is 28.9 Å². The van der Waals surface area contributed by atoms with Crippen molar-refractivity contribution in [1.82, 2.24) is 0 Å². The van der Waals surface area contributed by atoms with Gasteiger partial charge < -0.3 is 10.6 Å². The Kier molecular flexibility index (Phi) is 4.82. The first-order valence-corrected chi connectivity index (χ1v) is 6.15. The van der Waals surface area contributed by atoms with Crippen molar-refractivity contribution in [2.75, 3.05) is 17.7 Å². The SMILES string of the molecule is CCC(C)CC(=O)N(C)c1cc(Cl)ccc1N. The van der Waals surface area contributed by atoms with Gasteiger partial charge in [-0.3, -0.25) is 4.79 Å². The van der Waals surface area contributed by atoms with Crippen LogP contribution in [0.25, 0.3) is 0 Å². The quantitative estimate of drug-likeness (QED) is 0.838. The predicted molar refractivity (Wildman–Crippen MR) is 73.3 cm³/mol. The lowest BCUT2D eigenvalue weighted by atomic mass is 10.0. The average Bonchev–Trinajstić information content (AvgIpc) is 2.31. The van der Waals surface area contributed by atoms with Gasteiger partial charge in [-0.15, -0.1) is 0 Å². The van der Waals surface area contributed by atoms with Crippen LogP contribution in [0, 0.1) is 5.92 Å². The maximum Gasteiger partial charge on any atom is 0.227 e. The zero-order valence-electron chi connectivity index (χ0n) is 10.5. The minimum atomic E-state index is 0.0633. The number of nitrogens with two attached hydrogens (primary N) is 1. The molecule has 0 saturated carbocycles. The van der Waals surface area contributed by atoms with Gasteiger partial charge in [0.25, 0.3) is 0 Å². The summed E-state index contributed by atoms with van der Waals surface area (Å²) in [5.74, 6) is 0.443. The fourth-order valence-electron chi connectivity index (χ4n) is 1.52. The van der Waals surface area contributed by atoms with E-state index in [0.717, 1.165) is 6.42 Å². The summed E-state index contributed by atoms with van der Waals surface area (Å²) in [5, 5.41) is 0.581. The normalized spacial score (nSPS) is 12.2. The minimum Gasteiger partial charge on any atom is -0.397 e. The zero-order chi connectivity index (χ0) is 13.0. The number of hydrogen-bond donors (Lipinski definition) is 1. The standard InChI is InChI=1S/C13H19ClN2O/c1-4-9(2)7-13(17)16(3)12-8-10(14)5-6-11(12)15/h5-6,8-9H,4,7,15H2,1-3H3. The summed E-state index contributed by atoms with van der Waals surface area (Å²) in [7, 11) is 1.73. The molecular weight excluding hydrogens is 236 g/mol. The fourth-order valence-corrected chi connectivity index (χ4v) is 1.69. The molecule has 1 aromatic rings. The van der Waals surface area contributed by atoms with Crippen LogP contribution in [-0.2, 0) is 4.79 Å². The summed E-state index contributed by atoms with van der Waals surface area (Å²) >= 11 is 5.91. The van der Waals surface area contributed by atoms with Crippen LogP contribution in [0.1, 0.15) is 26.7 Å². The molecule has 0 saturated heterocycles. The molecule has 1 atom stereocenters. The second-order valence-electron chi connectivity index (χ2n) is 4.37. The van der Waals surface area contributed by atoms with Crippen LogP contribution < -0.4 is 10.6 Å². The van der Waals surface area contributed by atoms with Gasteiger partial charge in [-0.1, -0.05) is 31.9 Å². The number of carbonyl (C=O) groups is 1. The van der Waals surface area contributed by atoms with Gasteiger partial charge in [0.1, 0.15) is 0 Å². The molecule has 0 fully saturated rings. The maximum absolute atomic E-state index is 12.0. The molecule has 0 aliphatic rings. The Morgan fingerprint density at radius 1 is 1.53 bits per heavy atom. The van der Waals surface area contributed by atoms with Gasteiger partial charge >= 0.3 is 0 Å². The topological polar surface area (TPSA) is 46.3 Å². The van der Waals surface area contributed by atoms with Crippen molar-refractivity contribution in [3.05, 3.63) is 23.2 Å². The number of carbonyl (C=O) groups excluding carboxylic acids is 1. The third kappa shape index (κ3) is 3.63. The van der Waals surface area contributed by atoms with Gasteiger partial charge in [-0.2, -0.15) is 0 Å². The molecular formula is C13H19ClN2O. The first-order chi connectivity index (χ1) is 7.95.